The largest absolute Gasteiger partial charge is 0.497 e. The number of methoxy groups -OCH3 is 2. The van der Waals surface area contributed by atoms with Gasteiger partial charge in [0.25, 0.3) is 0 Å². The summed E-state index contributed by atoms with van der Waals surface area (Å²) in [7, 11) is 2.99. The first-order valence-electron chi connectivity index (χ1n) is 9.29. The normalized spacial score (nSPS) is 10.5. The summed E-state index contributed by atoms with van der Waals surface area (Å²) in [6.07, 6.45) is 0. The topological polar surface area (TPSA) is 85.4 Å². The minimum atomic E-state index is -0.403. The molecule has 4 aromatic rings. The van der Waals surface area contributed by atoms with Crippen molar-refractivity contribution in [1.29, 1.82) is 0 Å². The van der Waals surface area contributed by atoms with E-state index >= 15 is 0 Å². The molecule has 4 rings (SSSR count). The summed E-state index contributed by atoms with van der Waals surface area (Å²) in [5.41, 5.74) is 2.79. The first-order chi connectivity index (χ1) is 14.7. The van der Waals surface area contributed by atoms with E-state index in [0.29, 0.717) is 23.0 Å². The van der Waals surface area contributed by atoms with E-state index in [4.69, 9.17) is 9.47 Å². The van der Waals surface area contributed by atoms with E-state index in [1.807, 2.05) is 54.6 Å². The molecular weight excluding hydrogens is 380 g/mol. The lowest BCUT2D eigenvalue weighted by Crippen LogP contribution is -2.04. The number of benzene rings is 3. The van der Waals surface area contributed by atoms with E-state index in [2.05, 4.69) is 20.6 Å². The van der Waals surface area contributed by atoms with Gasteiger partial charge >= 0.3 is 5.97 Å². The molecule has 0 spiro atoms. The molecule has 3 aromatic carbocycles. The van der Waals surface area contributed by atoms with Crippen LogP contribution in [0.2, 0.25) is 0 Å². The first kappa shape index (κ1) is 19.2. The third-order valence-electron chi connectivity index (χ3n) is 4.50. The van der Waals surface area contributed by atoms with E-state index in [-0.39, 0.29) is 0 Å². The van der Waals surface area contributed by atoms with Crippen LogP contribution in [0.5, 0.6) is 5.75 Å². The van der Waals surface area contributed by atoms with E-state index in [1.165, 1.54) is 7.11 Å². The van der Waals surface area contributed by atoms with Gasteiger partial charge in [-0.1, -0.05) is 18.2 Å². The Morgan fingerprint density at radius 3 is 2.40 bits per heavy atom. The Balaban J connectivity index is 1.68. The number of nitrogens with one attached hydrogen (secondary N) is 2. The average molecular weight is 400 g/mol. The molecule has 0 amide bonds. The van der Waals surface area contributed by atoms with Crippen molar-refractivity contribution in [3.8, 4) is 5.75 Å². The molecule has 30 heavy (non-hydrogen) atoms. The van der Waals surface area contributed by atoms with Gasteiger partial charge < -0.3 is 20.1 Å². The summed E-state index contributed by atoms with van der Waals surface area (Å²) >= 11 is 0. The van der Waals surface area contributed by atoms with Crippen LogP contribution < -0.4 is 15.4 Å². The molecule has 0 atom stereocenters. The SMILES string of the molecule is COC(=O)c1cccc(Nc2nc(Nc3ccc(OC)cc3)c3ccccc3n2)c1. The molecule has 0 aliphatic heterocycles. The Hall–Kier alpha value is -4.13. The zero-order valence-electron chi connectivity index (χ0n) is 16.5. The van der Waals surface area contributed by atoms with Gasteiger partial charge in [0.1, 0.15) is 11.6 Å². The lowest BCUT2D eigenvalue weighted by Gasteiger charge is -2.12. The number of ether oxygens (including phenoxy) is 2. The van der Waals surface area contributed by atoms with Crippen LogP contribution in [0.4, 0.5) is 23.1 Å². The fraction of sp³-hybridized carbons (Fsp3) is 0.0870. The zero-order valence-corrected chi connectivity index (χ0v) is 16.5. The molecule has 0 unspecified atom stereocenters. The highest BCUT2D eigenvalue weighted by molar-refractivity contribution is 5.92. The number of nitrogens with zero attached hydrogens (tertiary/aromatic N) is 2. The van der Waals surface area contributed by atoms with Gasteiger partial charge in [-0.3, -0.25) is 0 Å². The summed E-state index contributed by atoms with van der Waals surface area (Å²) in [5, 5.41) is 7.40. The van der Waals surface area contributed by atoms with Gasteiger partial charge in [0.2, 0.25) is 5.95 Å². The van der Waals surface area contributed by atoms with Gasteiger partial charge in [0, 0.05) is 16.8 Å². The van der Waals surface area contributed by atoms with E-state index < -0.39 is 5.97 Å². The average Bonchev–Trinajstić information content (AvgIpc) is 2.79. The molecule has 0 fully saturated rings. The number of para-hydroxylation sites is 1. The van der Waals surface area contributed by atoms with E-state index in [0.717, 1.165) is 22.3 Å². The predicted molar refractivity (Wildman–Crippen MR) is 117 cm³/mol. The quantitative estimate of drug-likeness (QED) is 0.445. The highest BCUT2D eigenvalue weighted by Gasteiger charge is 2.10. The molecule has 7 nitrogen and oxygen atoms in total. The lowest BCUT2D eigenvalue weighted by atomic mass is 10.2. The molecule has 0 bridgehead atoms. The molecule has 1 aromatic heterocycles. The van der Waals surface area contributed by atoms with Crippen molar-refractivity contribution in [1.82, 2.24) is 9.97 Å². The van der Waals surface area contributed by atoms with Crippen LogP contribution in [-0.4, -0.2) is 30.2 Å². The van der Waals surface area contributed by atoms with Gasteiger partial charge in [-0.05, 0) is 54.6 Å². The summed E-state index contributed by atoms with van der Waals surface area (Å²) < 4.78 is 10.00. The fourth-order valence-corrected chi connectivity index (χ4v) is 3.01. The van der Waals surface area contributed by atoms with Gasteiger partial charge in [-0.2, -0.15) is 4.98 Å². The number of fused-ring (bicyclic) bond motifs is 1. The van der Waals surface area contributed by atoms with Crippen molar-refractivity contribution in [2.75, 3.05) is 24.9 Å². The number of hydrogen-bond acceptors (Lipinski definition) is 7. The van der Waals surface area contributed by atoms with E-state index in [1.54, 1.807) is 25.3 Å². The van der Waals surface area contributed by atoms with Crippen LogP contribution in [-0.2, 0) is 4.74 Å². The minimum Gasteiger partial charge on any atom is -0.497 e. The Morgan fingerprint density at radius 1 is 0.833 bits per heavy atom. The van der Waals surface area contributed by atoms with E-state index in [9.17, 15) is 4.79 Å². The Labute approximate surface area is 173 Å². The number of hydrogen-bond donors (Lipinski definition) is 2. The third-order valence-corrected chi connectivity index (χ3v) is 4.50. The van der Waals surface area contributed by atoms with Crippen molar-refractivity contribution in [2.45, 2.75) is 0 Å². The molecule has 1 heterocycles. The van der Waals surface area contributed by atoms with Gasteiger partial charge in [0.05, 0.1) is 25.3 Å². The maximum absolute atomic E-state index is 11.8. The molecule has 0 saturated heterocycles. The summed E-state index contributed by atoms with van der Waals surface area (Å²) in [6.45, 7) is 0. The standard InChI is InChI=1S/C23H20N4O3/c1-29-18-12-10-16(11-13-18)24-21-19-8-3-4-9-20(19)26-23(27-21)25-17-7-5-6-15(14-17)22(28)30-2/h3-14H,1-2H3,(H2,24,25,26,27). The van der Waals surface area contributed by atoms with Crippen molar-refractivity contribution >= 4 is 40.0 Å². The molecule has 0 aliphatic rings. The Bertz CT molecular complexity index is 1190. The predicted octanol–water partition coefficient (Wildman–Crippen LogP) is 4.91. The summed E-state index contributed by atoms with van der Waals surface area (Å²) in [4.78, 5) is 21.0. The third kappa shape index (κ3) is 4.15. The van der Waals surface area contributed by atoms with Crippen molar-refractivity contribution < 1.29 is 14.3 Å². The number of rotatable bonds is 6. The fourth-order valence-electron chi connectivity index (χ4n) is 3.01. The van der Waals surface area contributed by atoms with Gasteiger partial charge in [0.15, 0.2) is 0 Å². The Morgan fingerprint density at radius 2 is 1.63 bits per heavy atom. The molecule has 0 aliphatic carbocycles. The number of anilines is 4. The van der Waals surface area contributed by atoms with Gasteiger partial charge in [-0.15, -0.1) is 0 Å². The second-order valence-electron chi connectivity index (χ2n) is 6.46. The number of carbonyl (C=O) groups is 1. The molecular formula is C23H20N4O3. The smallest absolute Gasteiger partial charge is 0.337 e. The van der Waals surface area contributed by atoms with Crippen LogP contribution in [0, 0.1) is 0 Å². The van der Waals surface area contributed by atoms with Crippen molar-refractivity contribution in [2.24, 2.45) is 0 Å². The maximum atomic E-state index is 11.8. The second kappa shape index (κ2) is 8.48. The monoisotopic (exact) mass is 400 g/mol. The van der Waals surface area contributed by atoms with Crippen molar-refractivity contribution in [3.05, 3.63) is 78.4 Å². The highest BCUT2D eigenvalue weighted by Crippen LogP contribution is 2.27. The molecule has 0 radical (unpaired) electrons. The van der Waals surface area contributed by atoms with Crippen LogP contribution in [0.3, 0.4) is 0 Å². The van der Waals surface area contributed by atoms with Crippen LogP contribution in [0.1, 0.15) is 10.4 Å². The molecule has 0 saturated carbocycles. The zero-order chi connectivity index (χ0) is 20.9. The summed E-state index contributed by atoms with van der Waals surface area (Å²) in [6, 6.07) is 22.3. The highest BCUT2D eigenvalue weighted by atomic mass is 16.5. The van der Waals surface area contributed by atoms with Crippen LogP contribution in [0.25, 0.3) is 10.9 Å². The maximum Gasteiger partial charge on any atom is 0.337 e. The number of aromatic nitrogens is 2. The van der Waals surface area contributed by atoms with Crippen LogP contribution in [0.15, 0.2) is 72.8 Å². The lowest BCUT2D eigenvalue weighted by molar-refractivity contribution is 0.0601. The first-order valence-corrected chi connectivity index (χ1v) is 9.29. The molecule has 2 N–H and O–H groups in total. The van der Waals surface area contributed by atoms with Crippen molar-refractivity contribution in [3.63, 3.8) is 0 Å². The number of carbonyl (C=O) groups excluding carboxylic acids is 1. The van der Waals surface area contributed by atoms with Gasteiger partial charge in [-0.25, -0.2) is 9.78 Å². The molecule has 7 heteroatoms. The Kier molecular flexibility index (Phi) is 5.43. The van der Waals surface area contributed by atoms with Crippen LogP contribution >= 0.6 is 0 Å². The molecule has 150 valence electrons. The second-order valence-corrected chi connectivity index (χ2v) is 6.46. The minimum absolute atomic E-state index is 0.403. The number of esters is 1. The summed E-state index contributed by atoms with van der Waals surface area (Å²) in [5.74, 6) is 1.45.